The molecule has 6 aromatic carbocycles. The second kappa shape index (κ2) is 16.4. The van der Waals surface area contributed by atoms with Gasteiger partial charge in [0.1, 0.15) is 0 Å². The second-order valence-corrected chi connectivity index (χ2v) is 20.8. The molecule has 0 radical (unpaired) electrons. The largest absolute Gasteiger partial charge is 1.00 e. The zero-order valence-electron chi connectivity index (χ0n) is 22.9. The summed E-state index contributed by atoms with van der Waals surface area (Å²) in [5.41, 5.74) is 7.87. The molecule has 0 aliphatic heterocycles. The number of aryl methyl sites for hydroxylation is 2. The van der Waals surface area contributed by atoms with Crippen LogP contribution in [0.3, 0.4) is 0 Å². The van der Waals surface area contributed by atoms with Crippen LogP contribution in [0, 0.1) is 13.8 Å². The molecule has 40 heavy (non-hydrogen) atoms. The Labute approximate surface area is 282 Å². The van der Waals surface area contributed by atoms with Crippen molar-refractivity contribution in [1.82, 2.24) is 0 Å². The molecule has 0 N–H and O–H groups in total. The molecule has 204 valence electrons. The summed E-state index contributed by atoms with van der Waals surface area (Å²) in [5.74, 6) is 0. The topological polar surface area (TPSA) is 0 Å². The SMILES string of the molecule is C[Si](C)=[Zr+2].Cc1cc2c(Br)cc(-c3ccccc3)cc2[cH-]1.Cc1cc2c(Br)cc(-c3ccccc3)cc2[cH-]1.[Cl-].[Cl-]. The van der Waals surface area contributed by atoms with Crippen LogP contribution in [-0.4, -0.2) is 5.43 Å². The molecule has 6 heteroatoms. The summed E-state index contributed by atoms with van der Waals surface area (Å²) in [7, 11) is 0. The second-order valence-electron chi connectivity index (χ2n) is 9.72. The summed E-state index contributed by atoms with van der Waals surface area (Å²) in [4.78, 5) is 0. The van der Waals surface area contributed by atoms with Gasteiger partial charge < -0.3 is 24.8 Å². The zero-order chi connectivity index (χ0) is 27.2. The number of rotatable bonds is 2. The van der Waals surface area contributed by atoms with E-state index in [1.807, 2.05) is 12.1 Å². The molecule has 0 fully saturated rings. The maximum absolute atomic E-state index is 3.66. The van der Waals surface area contributed by atoms with Gasteiger partial charge in [0.2, 0.25) is 0 Å². The molecule has 0 bridgehead atoms. The predicted molar refractivity (Wildman–Crippen MR) is 172 cm³/mol. The van der Waals surface area contributed by atoms with Crippen molar-refractivity contribution in [3.8, 4) is 22.3 Å². The van der Waals surface area contributed by atoms with E-state index in [1.54, 1.807) is 23.3 Å². The molecule has 0 atom stereocenters. The first kappa shape index (κ1) is 34.9. The van der Waals surface area contributed by atoms with Gasteiger partial charge in [-0.05, 0) is 20.1 Å². The normalized spacial score (nSPS) is 10.0. The Morgan fingerprint density at radius 2 is 0.875 bits per heavy atom. The van der Waals surface area contributed by atoms with Crippen LogP contribution in [0.2, 0.25) is 13.1 Å². The van der Waals surface area contributed by atoms with Gasteiger partial charge in [0.05, 0.1) is 0 Å². The van der Waals surface area contributed by atoms with E-state index in [1.165, 1.54) is 63.9 Å². The van der Waals surface area contributed by atoms with Crippen molar-refractivity contribution >= 4 is 58.8 Å². The molecule has 6 aromatic rings. The average Bonchev–Trinajstić information content (AvgIpc) is 3.47. The Morgan fingerprint density at radius 3 is 1.20 bits per heavy atom. The van der Waals surface area contributed by atoms with Crippen LogP contribution in [-0.2, 0) is 23.3 Å². The maximum Gasteiger partial charge on any atom is -0.0256 e. The Balaban J connectivity index is 0.000000237. The van der Waals surface area contributed by atoms with Crippen molar-refractivity contribution in [3.05, 3.63) is 129 Å². The van der Waals surface area contributed by atoms with Crippen molar-refractivity contribution in [1.29, 1.82) is 0 Å². The van der Waals surface area contributed by atoms with Gasteiger partial charge in [-0.2, -0.15) is 12.1 Å². The molecule has 0 aliphatic rings. The molecule has 0 unspecified atom stereocenters. The molecule has 0 amide bonds. The van der Waals surface area contributed by atoms with Crippen molar-refractivity contribution in [2.75, 3.05) is 0 Å². The number of hydrogen-bond donors (Lipinski definition) is 0. The van der Waals surface area contributed by atoms with E-state index in [2.05, 4.69) is 156 Å². The van der Waals surface area contributed by atoms with E-state index >= 15 is 0 Å². The number of benzene rings is 4. The van der Waals surface area contributed by atoms with Crippen molar-refractivity contribution in [2.24, 2.45) is 0 Å². The van der Waals surface area contributed by atoms with Crippen molar-refractivity contribution in [3.63, 3.8) is 0 Å². The Kier molecular flexibility index (Phi) is 14.3. The molecule has 0 aliphatic carbocycles. The van der Waals surface area contributed by atoms with Gasteiger partial charge in [-0.15, -0.1) is 56.9 Å². The van der Waals surface area contributed by atoms with Gasteiger partial charge in [0.25, 0.3) is 0 Å². The van der Waals surface area contributed by atoms with E-state index < -0.39 is 0 Å². The monoisotopic (exact) mass is 784 g/mol. The summed E-state index contributed by atoms with van der Waals surface area (Å²) >= 11 is 9.06. The fraction of sp³-hybridized carbons (Fsp3) is 0.118. The minimum Gasteiger partial charge on any atom is -1.00 e. The van der Waals surface area contributed by atoms with E-state index in [0.29, 0.717) is 0 Å². The first-order valence-corrected chi connectivity index (χ1v) is 20.3. The van der Waals surface area contributed by atoms with Crippen LogP contribution in [0.4, 0.5) is 0 Å². The predicted octanol–water partition coefficient (Wildman–Crippen LogP) is 5.39. The average molecular weight is 789 g/mol. The minimum absolute atomic E-state index is 0. The molecule has 0 aromatic heterocycles. The summed E-state index contributed by atoms with van der Waals surface area (Å²) in [6.07, 6.45) is 0. The first-order chi connectivity index (χ1) is 18.2. The summed E-state index contributed by atoms with van der Waals surface area (Å²) in [5, 5.41) is 5.19. The van der Waals surface area contributed by atoms with Gasteiger partial charge >= 0.3 is 41.9 Å². The van der Waals surface area contributed by atoms with Gasteiger partial charge in [0, 0.05) is 0 Å². The molecule has 0 saturated carbocycles. The Hall–Kier alpha value is -1.26. The van der Waals surface area contributed by atoms with Gasteiger partial charge in [-0.1, -0.05) is 130 Å². The van der Waals surface area contributed by atoms with Crippen molar-refractivity contribution < 1.29 is 48.1 Å². The standard InChI is InChI=1S/2C16H12Br.C2H6Si.2ClH.Zr/c2*1-11-7-14-9-13(10-16(17)15(14)8-11)12-5-3-2-4-6-12;1-3-2;;;/h2*2-10H,1H3;1-2H3;2*1H;/q2*-1;;;;+2/p-2. The molecule has 0 heterocycles. The van der Waals surface area contributed by atoms with Crippen LogP contribution in [0.1, 0.15) is 11.1 Å². The van der Waals surface area contributed by atoms with Crippen LogP contribution >= 0.6 is 31.9 Å². The van der Waals surface area contributed by atoms with E-state index in [-0.39, 0.29) is 30.2 Å². The fourth-order valence-electron chi connectivity index (χ4n) is 4.45. The molecule has 0 saturated heterocycles. The minimum atomic E-state index is 0. The fourth-order valence-corrected chi connectivity index (χ4v) is 5.63. The Bertz CT molecular complexity index is 1560. The number of halogens is 4. The van der Waals surface area contributed by atoms with E-state index in [4.69, 9.17) is 0 Å². The molecule has 0 spiro atoms. The molecule has 6 rings (SSSR count). The first-order valence-electron chi connectivity index (χ1n) is 12.6. The van der Waals surface area contributed by atoms with Gasteiger partial charge in [0.15, 0.2) is 0 Å². The maximum atomic E-state index is 3.66. The molecular weight excluding hydrogens is 758 g/mol. The summed E-state index contributed by atoms with van der Waals surface area (Å²) < 4.78 is 2.34. The molecule has 0 nitrogen and oxygen atoms in total. The zero-order valence-corrected chi connectivity index (χ0v) is 31.0. The van der Waals surface area contributed by atoms with Gasteiger partial charge in [-0.25, -0.2) is 0 Å². The summed E-state index contributed by atoms with van der Waals surface area (Å²) in [6, 6.07) is 38.7. The van der Waals surface area contributed by atoms with Crippen LogP contribution in [0.5, 0.6) is 0 Å². The van der Waals surface area contributed by atoms with Crippen LogP contribution in [0.25, 0.3) is 43.8 Å². The summed E-state index contributed by atoms with van der Waals surface area (Å²) in [6.45, 7) is 8.88. The third-order valence-electron chi connectivity index (χ3n) is 6.05. The van der Waals surface area contributed by atoms with Crippen LogP contribution < -0.4 is 24.8 Å². The van der Waals surface area contributed by atoms with Crippen LogP contribution in [0.15, 0.2) is 118 Å². The number of hydrogen-bond acceptors (Lipinski definition) is 0. The quantitative estimate of drug-likeness (QED) is 0.163. The molecular formula is C34H30Br2Cl2SiZr-2. The van der Waals surface area contributed by atoms with E-state index in [9.17, 15) is 0 Å². The van der Waals surface area contributed by atoms with Gasteiger partial charge in [-0.3, -0.25) is 0 Å². The Morgan fingerprint density at radius 1 is 0.550 bits per heavy atom. The smallest absolute Gasteiger partial charge is 0.0256 e. The third-order valence-corrected chi connectivity index (χ3v) is 7.36. The number of fused-ring (bicyclic) bond motifs is 2. The van der Waals surface area contributed by atoms with Crippen molar-refractivity contribution in [2.45, 2.75) is 26.9 Å². The van der Waals surface area contributed by atoms with E-state index in [0.717, 1.165) is 0 Å². The third kappa shape index (κ3) is 9.38.